The average Bonchev–Trinajstić information content (AvgIpc) is 2.35. The van der Waals surface area contributed by atoms with E-state index in [0.29, 0.717) is 6.61 Å². The Morgan fingerprint density at radius 1 is 1.58 bits per heavy atom. The molecule has 0 aromatic heterocycles. The second kappa shape index (κ2) is 3.31. The fourth-order valence-electron chi connectivity index (χ4n) is 1.14. The van der Waals surface area contributed by atoms with Gasteiger partial charge >= 0.3 is 6.03 Å². The van der Waals surface area contributed by atoms with E-state index in [2.05, 4.69) is 5.32 Å². The van der Waals surface area contributed by atoms with Gasteiger partial charge in [-0.15, -0.1) is 0 Å². The largest absolute Gasteiger partial charge is 0.379 e. The van der Waals surface area contributed by atoms with Crippen LogP contribution in [0.1, 0.15) is 13.3 Å². The number of carbonyl (C=O) groups is 1. The van der Waals surface area contributed by atoms with Crippen LogP contribution in [0.5, 0.6) is 0 Å². The molecule has 1 fully saturated rings. The molecular weight excluding hydrogens is 156 g/mol. The zero-order valence-corrected chi connectivity index (χ0v) is 7.89. The molecule has 4 heteroatoms. The molecule has 1 rings (SSSR count). The molecule has 1 unspecified atom stereocenters. The topological polar surface area (TPSA) is 41.6 Å². The monoisotopic (exact) mass is 172 g/mol. The number of nitrogens with one attached hydrogen (secondary N) is 1. The molecule has 2 amide bonds. The summed E-state index contributed by atoms with van der Waals surface area (Å²) >= 11 is 0. The summed E-state index contributed by atoms with van der Waals surface area (Å²) in [5, 5.41) is 2.92. The SMILES string of the molecule is CN(C)C(=O)NC1(C)CCOC1. The van der Waals surface area contributed by atoms with Crippen molar-refractivity contribution in [1.82, 2.24) is 10.2 Å². The number of amides is 2. The zero-order valence-electron chi connectivity index (χ0n) is 7.89. The molecule has 1 heterocycles. The van der Waals surface area contributed by atoms with Gasteiger partial charge in [-0.2, -0.15) is 0 Å². The van der Waals surface area contributed by atoms with Crippen molar-refractivity contribution in [3.63, 3.8) is 0 Å². The molecule has 0 bridgehead atoms. The van der Waals surface area contributed by atoms with Gasteiger partial charge in [0.2, 0.25) is 0 Å². The van der Waals surface area contributed by atoms with Gasteiger partial charge in [0, 0.05) is 20.7 Å². The van der Waals surface area contributed by atoms with Gasteiger partial charge in [0.05, 0.1) is 12.1 Å². The van der Waals surface area contributed by atoms with Crippen LogP contribution in [-0.4, -0.2) is 43.8 Å². The quantitative estimate of drug-likeness (QED) is 0.623. The van der Waals surface area contributed by atoms with Gasteiger partial charge in [0.15, 0.2) is 0 Å². The van der Waals surface area contributed by atoms with Crippen LogP contribution >= 0.6 is 0 Å². The van der Waals surface area contributed by atoms with E-state index in [1.807, 2.05) is 6.92 Å². The number of ether oxygens (including phenoxy) is 1. The second-order valence-corrected chi connectivity index (χ2v) is 3.69. The average molecular weight is 172 g/mol. The highest BCUT2D eigenvalue weighted by Crippen LogP contribution is 2.17. The van der Waals surface area contributed by atoms with E-state index in [1.54, 1.807) is 14.1 Å². The minimum atomic E-state index is -0.165. The van der Waals surface area contributed by atoms with Crippen molar-refractivity contribution in [3.8, 4) is 0 Å². The van der Waals surface area contributed by atoms with Crippen LogP contribution in [-0.2, 0) is 4.74 Å². The Kier molecular flexibility index (Phi) is 2.57. The number of hydrogen-bond donors (Lipinski definition) is 1. The third kappa shape index (κ3) is 2.11. The third-order valence-electron chi connectivity index (χ3n) is 2.03. The summed E-state index contributed by atoms with van der Waals surface area (Å²) in [7, 11) is 3.46. The van der Waals surface area contributed by atoms with E-state index in [0.717, 1.165) is 13.0 Å². The van der Waals surface area contributed by atoms with Crippen LogP contribution in [0.2, 0.25) is 0 Å². The van der Waals surface area contributed by atoms with Crippen molar-refractivity contribution < 1.29 is 9.53 Å². The minimum absolute atomic E-state index is 0.0528. The number of carbonyl (C=O) groups excluding carboxylic acids is 1. The molecule has 0 spiro atoms. The van der Waals surface area contributed by atoms with Gasteiger partial charge in [-0.3, -0.25) is 0 Å². The molecule has 0 aromatic rings. The van der Waals surface area contributed by atoms with E-state index in [9.17, 15) is 4.79 Å². The maximum Gasteiger partial charge on any atom is 0.317 e. The maximum atomic E-state index is 11.3. The van der Waals surface area contributed by atoms with Crippen LogP contribution in [0.3, 0.4) is 0 Å². The summed E-state index contributed by atoms with van der Waals surface area (Å²) in [5.41, 5.74) is -0.165. The summed E-state index contributed by atoms with van der Waals surface area (Å²) in [5.74, 6) is 0. The standard InChI is InChI=1S/C8H16N2O2/c1-8(4-5-12-6-8)9-7(11)10(2)3/h4-6H2,1-3H3,(H,9,11). The van der Waals surface area contributed by atoms with Crippen molar-refractivity contribution in [2.45, 2.75) is 18.9 Å². The van der Waals surface area contributed by atoms with E-state index in [4.69, 9.17) is 4.74 Å². The molecule has 1 aliphatic heterocycles. The molecule has 0 aliphatic carbocycles. The number of hydrogen-bond acceptors (Lipinski definition) is 2. The molecule has 0 radical (unpaired) electrons. The zero-order chi connectivity index (χ0) is 9.19. The Morgan fingerprint density at radius 3 is 2.67 bits per heavy atom. The lowest BCUT2D eigenvalue weighted by Crippen LogP contribution is -2.50. The summed E-state index contributed by atoms with van der Waals surface area (Å²) in [6.07, 6.45) is 0.895. The first-order valence-electron chi connectivity index (χ1n) is 4.11. The molecule has 4 nitrogen and oxygen atoms in total. The molecule has 1 atom stereocenters. The molecule has 1 saturated heterocycles. The lowest BCUT2D eigenvalue weighted by molar-refractivity contribution is 0.165. The number of nitrogens with zero attached hydrogens (tertiary/aromatic N) is 1. The van der Waals surface area contributed by atoms with Gasteiger partial charge in [0.25, 0.3) is 0 Å². The summed E-state index contributed by atoms with van der Waals surface area (Å²) in [6.45, 7) is 3.36. The third-order valence-corrected chi connectivity index (χ3v) is 2.03. The minimum Gasteiger partial charge on any atom is -0.379 e. The summed E-state index contributed by atoms with van der Waals surface area (Å²) < 4.78 is 5.21. The van der Waals surface area contributed by atoms with Crippen LogP contribution in [0.15, 0.2) is 0 Å². The second-order valence-electron chi connectivity index (χ2n) is 3.69. The van der Waals surface area contributed by atoms with E-state index in [1.165, 1.54) is 4.90 Å². The normalized spacial score (nSPS) is 28.6. The molecule has 1 aliphatic rings. The molecule has 12 heavy (non-hydrogen) atoms. The predicted octanol–water partition coefficient (Wildman–Crippen LogP) is 0.437. The van der Waals surface area contributed by atoms with Crippen molar-refractivity contribution >= 4 is 6.03 Å². The number of rotatable bonds is 1. The highest BCUT2D eigenvalue weighted by Gasteiger charge is 2.31. The predicted molar refractivity (Wildman–Crippen MR) is 46.1 cm³/mol. The van der Waals surface area contributed by atoms with E-state index in [-0.39, 0.29) is 11.6 Å². The Labute approximate surface area is 72.9 Å². The summed E-state index contributed by atoms with van der Waals surface area (Å²) in [4.78, 5) is 12.8. The molecule has 0 saturated carbocycles. The Morgan fingerprint density at radius 2 is 2.25 bits per heavy atom. The lowest BCUT2D eigenvalue weighted by atomic mass is 10.0. The van der Waals surface area contributed by atoms with Gasteiger partial charge in [-0.25, -0.2) is 4.79 Å². The number of urea groups is 1. The molecule has 1 N–H and O–H groups in total. The van der Waals surface area contributed by atoms with Gasteiger partial charge in [-0.1, -0.05) is 0 Å². The molecule has 70 valence electrons. The Hall–Kier alpha value is -0.770. The van der Waals surface area contributed by atoms with E-state index < -0.39 is 0 Å². The fourth-order valence-corrected chi connectivity index (χ4v) is 1.14. The highest BCUT2D eigenvalue weighted by molar-refractivity contribution is 5.74. The highest BCUT2D eigenvalue weighted by atomic mass is 16.5. The van der Waals surface area contributed by atoms with Crippen LogP contribution in [0.4, 0.5) is 4.79 Å². The van der Waals surface area contributed by atoms with Crippen molar-refractivity contribution in [1.29, 1.82) is 0 Å². The first-order valence-corrected chi connectivity index (χ1v) is 4.11. The first kappa shape index (κ1) is 9.32. The Balaban J connectivity index is 2.44. The fraction of sp³-hybridized carbons (Fsp3) is 0.875. The van der Waals surface area contributed by atoms with Crippen molar-refractivity contribution in [3.05, 3.63) is 0 Å². The van der Waals surface area contributed by atoms with Crippen LogP contribution in [0, 0.1) is 0 Å². The van der Waals surface area contributed by atoms with Crippen LogP contribution < -0.4 is 5.32 Å². The molecule has 0 aromatic carbocycles. The van der Waals surface area contributed by atoms with E-state index >= 15 is 0 Å². The first-order chi connectivity index (χ1) is 5.53. The lowest BCUT2D eigenvalue weighted by Gasteiger charge is -2.25. The smallest absolute Gasteiger partial charge is 0.317 e. The van der Waals surface area contributed by atoms with Crippen molar-refractivity contribution in [2.75, 3.05) is 27.3 Å². The molecular formula is C8H16N2O2. The summed E-state index contributed by atoms with van der Waals surface area (Å²) in [6, 6.07) is -0.0528. The maximum absolute atomic E-state index is 11.3. The Bertz CT molecular complexity index is 174. The van der Waals surface area contributed by atoms with Crippen LogP contribution in [0.25, 0.3) is 0 Å². The van der Waals surface area contributed by atoms with Crippen molar-refractivity contribution in [2.24, 2.45) is 0 Å². The van der Waals surface area contributed by atoms with Gasteiger partial charge in [-0.05, 0) is 13.3 Å². The van der Waals surface area contributed by atoms with Gasteiger partial charge in [0.1, 0.15) is 0 Å². The van der Waals surface area contributed by atoms with Gasteiger partial charge < -0.3 is 15.0 Å².